The Morgan fingerprint density at radius 2 is 1.83 bits per heavy atom. The largest absolute Gasteiger partial charge is 0.481 e. The number of hydrogen-bond acceptors (Lipinski definition) is 2. The normalized spacial score (nSPS) is 41.1. The number of rotatable bonds is 5. The standard InChI is InChI=1S/C20H36O3/c1-14(13-17(21)22)7-8-16-19(4)11-6-10-18(2,3)15(19)9-12-20(16,5)23/h14-16,23H,6-13H2,1-5H3,(H,21,22)/t14-,15-,16-,19-,20-/m1/s1. The molecule has 0 saturated heterocycles. The molecule has 2 rings (SSSR count). The van der Waals surface area contributed by atoms with Gasteiger partial charge in [-0.2, -0.15) is 0 Å². The summed E-state index contributed by atoms with van der Waals surface area (Å²) in [5.74, 6) is 0.424. The maximum Gasteiger partial charge on any atom is 0.303 e. The first-order chi connectivity index (χ1) is 10.5. The molecule has 0 aromatic heterocycles. The summed E-state index contributed by atoms with van der Waals surface area (Å²) in [6, 6.07) is 0. The molecule has 0 aromatic rings. The van der Waals surface area contributed by atoms with Crippen LogP contribution in [0.5, 0.6) is 0 Å². The second-order valence-electron chi connectivity index (χ2n) is 9.63. The van der Waals surface area contributed by atoms with Gasteiger partial charge in [0.2, 0.25) is 0 Å². The molecule has 0 amide bonds. The topological polar surface area (TPSA) is 57.5 Å². The van der Waals surface area contributed by atoms with Crippen LogP contribution in [0.25, 0.3) is 0 Å². The van der Waals surface area contributed by atoms with Crippen LogP contribution in [0.2, 0.25) is 0 Å². The lowest BCUT2D eigenvalue weighted by Crippen LogP contribution is -2.57. The number of carboxylic acids is 1. The zero-order chi connectivity index (χ0) is 17.5. The molecule has 2 N–H and O–H groups in total. The summed E-state index contributed by atoms with van der Waals surface area (Å²) >= 11 is 0. The van der Waals surface area contributed by atoms with Gasteiger partial charge in [-0.3, -0.25) is 4.79 Å². The van der Waals surface area contributed by atoms with Gasteiger partial charge < -0.3 is 10.2 Å². The number of aliphatic hydroxyl groups is 1. The van der Waals surface area contributed by atoms with E-state index in [1.54, 1.807) is 0 Å². The van der Waals surface area contributed by atoms with Gasteiger partial charge in [0.15, 0.2) is 0 Å². The first-order valence-corrected chi connectivity index (χ1v) is 9.43. The molecule has 2 aliphatic rings. The Hall–Kier alpha value is -0.570. The van der Waals surface area contributed by atoms with Crippen molar-refractivity contribution in [3.63, 3.8) is 0 Å². The molecule has 5 atom stereocenters. The van der Waals surface area contributed by atoms with E-state index >= 15 is 0 Å². The Morgan fingerprint density at radius 1 is 1.17 bits per heavy atom. The molecular weight excluding hydrogens is 288 g/mol. The van der Waals surface area contributed by atoms with Gasteiger partial charge in [0.1, 0.15) is 0 Å². The lowest BCUT2D eigenvalue weighted by molar-refractivity contribution is -0.170. The van der Waals surface area contributed by atoms with Crippen LogP contribution in [0, 0.1) is 28.6 Å². The van der Waals surface area contributed by atoms with Crippen LogP contribution in [0.15, 0.2) is 0 Å². The molecule has 0 spiro atoms. The van der Waals surface area contributed by atoms with Crippen LogP contribution in [0.1, 0.15) is 86.0 Å². The molecule has 0 bridgehead atoms. The minimum atomic E-state index is -0.712. The fourth-order valence-corrected chi connectivity index (χ4v) is 6.12. The number of fused-ring (bicyclic) bond motifs is 1. The van der Waals surface area contributed by atoms with E-state index in [0.29, 0.717) is 11.3 Å². The van der Waals surface area contributed by atoms with Gasteiger partial charge in [-0.15, -0.1) is 0 Å². The second kappa shape index (κ2) is 6.38. The minimum absolute atomic E-state index is 0.184. The van der Waals surface area contributed by atoms with Crippen molar-refractivity contribution in [1.82, 2.24) is 0 Å². The van der Waals surface area contributed by atoms with Gasteiger partial charge in [-0.25, -0.2) is 0 Å². The van der Waals surface area contributed by atoms with Crippen molar-refractivity contribution in [2.24, 2.45) is 28.6 Å². The molecule has 0 radical (unpaired) electrons. The predicted octanol–water partition coefficient (Wildman–Crippen LogP) is 4.87. The smallest absolute Gasteiger partial charge is 0.303 e. The zero-order valence-corrected chi connectivity index (χ0v) is 15.7. The monoisotopic (exact) mass is 324 g/mol. The van der Waals surface area contributed by atoms with Gasteiger partial charge in [-0.05, 0) is 74.0 Å². The van der Waals surface area contributed by atoms with E-state index in [1.165, 1.54) is 19.3 Å². The van der Waals surface area contributed by atoms with Crippen LogP contribution >= 0.6 is 0 Å². The molecule has 0 heterocycles. The van der Waals surface area contributed by atoms with Crippen molar-refractivity contribution < 1.29 is 15.0 Å². The van der Waals surface area contributed by atoms with Gasteiger partial charge in [-0.1, -0.05) is 34.1 Å². The highest BCUT2D eigenvalue weighted by Gasteiger charge is 2.57. The molecule has 3 nitrogen and oxygen atoms in total. The first-order valence-electron chi connectivity index (χ1n) is 9.43. The average Bonchev–Trinajstić information content (AvgIpc) is 2.34. The number of carboxylic acid groups (broad SMARTS) is 1. The van der Waals surface area contributed by atoms with Crippen molar-refractivity contribution in [2.45, 2.75) is 91.6 Å². The van der Waals surface area contributed by atoms with Crippen molar-refractivity contribution >= 4 is 5.97 Å². The molecule has 23 heavy (non-hydrogen) atoms. The summed E-state index contributed by atoms with van der Waals surface area (Å²) in [6.45, 7) is 11.2. The van der Waals surface area contributed by atoms with Crippen LogP contribution in [-0.4, -0.2) is 21.8 Å². The van der Waals surface area contributed by atoms with Crippen molar-refractivity contribution in [1.29, 1.82) is 0 Å². The SMILES string of the molecule is C[C@H](CC[C@@H]1[C@]2(C)CCCC(C)(C)[C@H]2CC[C@@]1(C)O)CC(=O)O. The van der Waals surface area contributed by atoms with Crippen LogP contribution in [0.3, 0.4) is 0 Å². The lowest BCUT2D eigenvalue weighted by Gasteiger charge is -2.61. The highest BCUT2D eigenvalue weighted by Crippen LogP contribution is 2.63. The highest BCUT2D eigenvalue weighted by molar-refractivity contribution is 5.66. The summed E-state index contributed by atoms with van der Waals surface area (Å²) in [6.07, 6.45) is 7.83. The van der Waals surface area contributed by atoms with Crippen molar-refractivity contribution in [3.05, 3.63) is 0 Å². The van der Waals surface area contributed by atoms with Gasteiger partial charge in [0, 0.05) is 6.42 Å². The van der Waals surface area contributed by atoms with E-state index in [2.05, 4.69) is 20.8 Å². The third-order valence-electron chi connectivity index (χ3n) is 7.23. The van der Waals surface area contributed by atoms with Crippen molar-refractivity contribution in [2.75, 3.05) is 0 Å². The van der Waals surface area contributed by atoms with Crippen molar-refractivity contribution in [3.8, 4) is 0 Å². The molecule has 0 aliphatic heterocycles. The third kappa shape index (κ3) is 3.75. The summed E-state index contributed by atoms with van der Waals surface area (Å²) in [7, 11) is 0. The Kier molecular flexibility index (Phi) is 5.21. The Bertz CT molecular complexity index is 440. The molecule has 3 heteroatoms. The predicted molar refractivity (Wildman–Crippen MR) is 93.2 cm³/mol. The molecular formula is C20H36O3. The zero-order valence-electron chi connectivity index (χ0n) is 15.7. The van der Waals surface area contributed by atoms with Gasteiger partial charge in [0.25, 0.3) is 0 Å². The van der Waals surface area contributed by atoms with E-state index in [4.69, 9.17) is 5.11 Å². The van der Waals surface area contributed by atoms with Crippen LogP contribution in [0.4, 0.5) is 0 Å². The third-order valence-corrected chi connectivity index (χ3v) is 7.23. The Balaban J connectivity index is 2.17. The van der Waals surface area contributed by atoms with E-state index in [1.807, 2.05) is 13.8 Å². The van der Waals surface area contributed by atoms with Gasteiger partial charge >= 0.3 is 5.97 Å². The lowest BCUT2D eigenvalue weighted by atomic mass is 9.45. The molecule has 2 aliphatic carbocycles. The molecule has 2 fully saturated rings. The maximum absolute atomic E-state index is 11.1. The van der Waals surface area contributed by atoms with Crippen LogP contribution in [-0.2, 0) is 4.79 Å². The van der Waals surface area contributed by atoms with Crippen LogP contribution < -0.4 is 0 Å². The Morgan fingerprint density at radius 3 is 2.43 bits per heavy atom. The Labute approximate surface area is 141 Å². The summed E-state index contributed by atoms with van der Waals surface area (Å²) in [4.78, 5) is 10.9. The minimum Gasteiger partial charge on any atom is -0.481 e. The summed E-state index contributed by atoms with van der Waals surface area (Å²) < 4.78 is 0. The average molecular weight is 325 g/mol. The number of carbonyl (C=O) groups is 1. The van der Waals surface area contributed by atoms with E-state index < -0.39 is 11.6 Å². The van der Waals surface area contributed by atoms with E-state index in [9.17, 15) is 9.90 Å². The fourth-order valence-electron chi connectivity index (χ4n) is 6.12. The number of hydrogen-bond donors (Lipinski definition) is 2. The quantitative estimate of drug-likeness (QED) is 0.758. The second-order valence-corrected chi connectivity index (χ2v) is 9.63. The summed E-state index contributed by atoms with van der Waals surface area (Å²) in [5, 5.41) is 20.1. The maximum atomic E-state index is 11.1. The molecule has 0 aromatic carbocycles. The molecule has 0 unspecified atom stereocenters. The molecule has 134 valence electrons. The summed E-state index contributed by atoms with van der Waals surface area (Å²) in [5.41, 5.74) is -0.0670. The van der Waals surface area contributed by atoms with Gasteiger partial charge in [0.05, 0.1) is 5.60 Å². The fraction of sp³-hybridized carbons (Fsp3) is 0.950. The first kappa shape index (κ1) is 18.8. The molecule has 2 saturated carbocycles. The highest BCUT2D eigenvalue weighted by atomic mass is 16.4. The van der Waals surface area contributed by atoms with E-state index in [-0.39, 0.29) is 23.7 Å². The van der Waals surface area contributed by atoms with E-state index in [0.717, 1.165) is 25.7 Å². The number of aliphatic carboxylic acids is 1.